The van der Waals surface area contributed by atoms with Crippen LogP contribution in [0.3, 0.4) is 0 Å². The number of rotatable bonds is 4. The summed E-state index contributed by atoms with van der Waals surface area (Å²) in [6.45, 7) is 2.79. The lowest BCUT2D eigenvalue weighted by atomic mass is 10.1. The summed E-state index contributed by atoms with van der Waals surface area (Å²) in [6.07, 6.45) is 0.784. The Morgan fingerprint density at radius 3 is 2.78 bits per heavy atom. The van der Waals surface area contributed by atoms with Gasteiger partial charge in [0.2, 0.25) is 0 Å². The first-order chi connectivity index (χ1) is 8.65. The van der Waals surface area contributed by atoms with Gasteiger partial charge in [0.1, 0.15) is 5.82 Å². The second kappa shape index (κ2) is 5.54. The molecule has 0 spiro atoms. The predicted octanol–water partition coefficient (Wildman–Crippen LogP) is 3.37. The Labute approximate surface area is 107 Å². The number of aryl methyl sites for hydroxylation is 1. The van der Waals surface area contributed by atoms with Gasteiger partial charge in [0.25, 0.3) is 0 Å². The van der Waals surface area contributed by atoms with E-state index in [1.165, 1.54) is 6.07 Å². The fourth-order valence-electron chi connectivity index (χ4n) is 1.86. The van der Waals surface area contributed by atoms with Crippen molar-refractivity contribution < 1.29 is 4.39 Å². The van der Waals surface area contributed by atoms with Crippen molar-refractivity contribution in [3.63, 3.8) is 0 Å². The van der Waals surface area contributed by atoms with Crippen LogP contribution in [0.2, 0.25) is 0 Å². The molecule has 2 aromatic carbocycles. The first kappa shape index (κ1) is 12.4. The van der Waals surface area contributed by atoms with Crippen molar-refractivity contribution in [3.05, 3.63) is 59.4 Å². The SMILES string of the molecule is Cc1ccc(N)cc1NCCc1cccc(F)c1. The molecule has 0 unspecified atom stereocenters. The molecule has 94 valence electrons. The summed E-state index contributed by atoms with van der Waals surface area (Å²) >= 11 is 0. The Balaban J connectivity index is 1.94. The molecule has 2 aromatic rings. The van der Waals surface area contributed by atoms with Crippen molar-refractivity contribution in [2.45, 2.75) is 13.3 Å². The average Bonchev–Trinajstić information content (AvgIpc) is 2.34. The smallest absolute Gasteiger partial charge is 0.123 e. The molecule has 2 rings (SSSR count). The molecule has 0 amide bonds. The summed E-state index contributed by atoms with van der Waals surface area (Å²) in [6, 6.07) is 12.5. The molecule has 3 N–H and O–H groups in total. The molecule has 0 aromatic heterocycles. The fraction of sp³-hybridized carbons (Fsp3) is 0.200. The van der Waals surface area contributed by atoms with E-state index in [1.54, 1.807) is 12.1 Å². The highest BCUT2D eigenvalue weighted by molar-refractivity contribution is 5.59. The summed E-state index contributed by atoms with van der Waals surface area (Å²) in [7, 11) is 0. The van der Waals surface area contributed by atoms with Crippen LogP contribution in [0.1, 0.15) is 11.1 Å². The van der Waals surface area contributed by atoms with Crippen LogP contribution in [-0.4, -0.2) is 6.54 Å². The molecule has 3 heteroatoms. The minimum atomic E-state index is -0.187. The number of nitrogens with two attached hydrogens (primary N) is 1. The van der Waals surface area contributed by atoms with Gasteiger partial charge in [-0.05, 0) is 48.7 Å². The number of hydrogen-bond acceptors (Lipinski definition) is 2. The summed E-state index contributed by atoms with van der Waals surface area (Å²) < 4.78 is 13.0. The van der Waals surface area contributed by atoms with Crippen LogP contribution < -0.4 is 11.1 Å². The Morgan fingerprint density at radius 2 is 2.00 bits per heavy atom. The van der Waals surface area contributed by atoms with Crippen LogP contribution >= 0.6 is 0 Å². The fourth-order valence-corrected chi connectivity index (χ4v) is 1.86. The molecule has 0 fully saturated rings. The van der Waals surface area contributed by atoms with Crippen LogP contribution in [-0.2, 0) is 6.42 Å². The Kier molecular flexibility index (Phi) is 3.82. The normalized spacial score (nSPS) is 10.3. The molecule has 18 heavy (non-hydrogen) atoms. The lowest BCUT2D eigenvalue weighted by Crippen LogP contribution is -2.06. The van der Waals surface area contributed by atoms with Gasteiger partial charge in [0.15, 0.2) is 0 Å². The lowest BCUT2D eigenvalue weighted by Gasteiger charge is -2.10. The van der Waals surface area contributed by atoms with Gasteiger partial charge >= 0.3 is 0 Å². The highest BCUT2D eigenvalue weighted by Crippen LogP contribution is 2.18. The second-order valence-electron chi connectivity index (χ2n) is 4.38. The number of nitrogen functional groups attached to an aromatic ring is 1. The van der Waals surface area contributed by atoms with Crippen molar-refractivity contribution in [1.29, 1.82) is 0 Å². The van der Waals surface area contributed by atoms with Crippen LogP contribution in [0.15, 0.2) is 42.5 Å². The molecule has 0 atom stereocenters. The summed E-state index contributed by atoms with van der Waals surface area (Å²) in [5, 5.41) is 3.32. The average molecular weight is 244 g/mol. The molecule has 0 saturated heterocycles. The van der Waals surface area contributed by atoms with E-state index in [0.29, 0.717) is 0 Å². The van der Waals surface area contributed by atoms with Crippen LogP contribution in [0.25, 0.3) is 0 Å². The van der Waals surface area contributed by atoms with E-state index in [1.807, 2.05) is 31.2 Å². The van der Waals surface area contributed by atoms with Gasteiger partial charge in [-0.15, -0.1) is 0 Å². The number of hydrogen-bond donors (Lipinski definition) is 2. The molecule has 0 aliphatic carbocycles. The van der Waals surface area contributed by atoms with Gasteiger partial charge in [-0.2, -0.15) is 0 Å². The van der Waals surface area contributed by atoms with Gasteiger partial charge in [0.05, 0.1) is 0 Å². The van der Waals surface area contributed by atoms with Crippen molar-refractivity contribution in [3.8, 4) is 0 Å². The van der Waals surface area contributed by atoms with Crippen molar-refractivity contribution in [2.24, 2.45) is 0 Å². The lowest BCUT2D eigenvalue weighted by molar-refractivity contribution is 0.625. The molecule has 0 saturated carbocycles. The van der Waals surface area contributed by atoms with Gasteiger partial charge in [0, 0.05) is 17.9 Å². The molecular weight excluding hydrogens is 227 g/mol. The minimum Gasteiger partial charge on any atom is -0.399 e. The van der Waals surface area contributed by atoms with Gasteiger partial charge in [-0.1, -0.05) is 18.2 Å². The third-order valence-electron chi connectivity index (χ3n) is 2.88. The molecule has 2 nitrogen and oxygen atoms in total. The Hall–Kier alpha value is -2.03. The number of nitrogens with one attached hydrogen (secondary N) is 1. The van der Waals surface area contributed by atoms with Crippen molar-refractivity contribution in [2.75, 3.05) is 17.6 Å². The van der Waals surface area contributed by atoms with E-state index < -0.39 is 0 Å². The highest BCUT2D eigenvalue weighted by atomic mass is 19.1. The zero-order valence-corrected chi connectivity index (χ0v) is 10.4. The van der Waals surface area contributed by atoms with Gasteiger partial charge < -0.3 is 11.1 Å². The zero-order valence-electron chi connectivity index (χ0n) is 10.4. The largest absolute Gasteiger partial charge is 0.399 e. The topological polar surface area (TPSA) is 38.0 Å². The highest BCUT2D eigenvalue weighted by Gasteiger charge is 1.99. The molecular formula is C15H17FN2. The maximum atomic E-state index is 13.0. The second-order valence-corrected chi connectivity index (χ2v) is 4.38. The van der Waals surface area contributed by atoms with E-state index in [2.05, 4.69) is 5.32 Å². The monoisotopic (exact) mass is 244 g/mol. The van der Waals surface area contributed by atoms with E-state index in [0.717, 1.165) is 35.5 Å². The first-order valence-corrected chi connectivity index (χ1v) is 5.99. The summed E-state index contributed by atoms with van der Waals surface area (Å²) in [5.41, 5.74) is 9.66. The van der Waals surface area contributed by atoms with Crippen molar-refractivity contribution in [1.82, 2.24) is 0 Å². The minimum absolute atomic E-state index is 0.187. The van der Waals surface area contributed by atoms with Crippen LogP contribution in [0.4, 0.5) is 15.8 Å². The first-order valence-electron chi connectivity index (χ1n) is 5.99. The molecule has 0 bridgehead atoms. The van der Waals surface area contributed by atoms with Crippen LogP contribution in [0, 0.1) is 12.7 Å². The maximum Gasteiger partial charge on any atom is 0.123 e. The maximum absolute atomic E-state index is 13.0. The predicted molar refractivity (Wildman–Crippen MR) is 74.2 cm³/mol. The number of benzene rings is 2. The van der Waals surface area contributed by atoms with Gasteiger partial charge in [-0.3, -0.25) is 0 Å². The summed E-state index contributed by atoms with van der Waals surface area (Å²) in [4.78, 5) is 0. The standard InChI is InChI=1S/C15H17FN2/c1-11-5-6-14(17)10-15(11)18-8-7-12-3-2-4-13(16)9-12/h2-6,9-10,18H,7-8,17H2,1H3. The number of halogens is 1. The third-order valence-corrected chi connectivity index (χ3v) is 2.88. The third kappa shape index (κ3) is 3.23. The zero-order chi connectivity index (χ0) is 13.0. The molecule has 0 heterocycles. The van der Waals surface area contributed by atoms with E-state index in [9.17, 15) is 4.39 Å². The molecule has 0 aliphatic rings. The Bertz CT molecular complexity index is 538. The van der Waals surface area contributed by atoms with E-state index >= 15 is 0 Å². The molecule has 0 aliphatic heterocycles. The quantitative estimate of drug-likeness (QED) is 0.809. The van der Waals surface area contributed by atoms with E-state index in [-0.39, 0.29) is 5.82 Å². The number of anilines is 2. The van der Waals surface area contributed by atoms with Crippen molar-refractivity contribution >= 4 is 11.4 Å². The van der Waals surface area contributed by atoms with Crippen LogP contribution in [0.5, 0.6) is 0 Å². The van der Waals surface area contributed by atoms with E-state index in [4.69, 9.17) is 5.73 Å². The Morgan fingerprint density at radius 1 is 1.17 bits per heavy atom. The van der Waals surface area contributed by atoms with Gasteiger partial charge in [-0.25, -0.2) is 4.39 Å². The summed E-state index contributed by atoms with van der Waals surface area (Å²) in [5.74, 6) is -0.187. The molecule has 0 radical (unpaired) electrons.